The van der Waals surface area contributed by atoms with Gasteiger partial charge < -0.3 is 11.1 Å². The molecule has 3 N–H and O–H groups in total. The molecule has 1 amide bonds. The minimum atomic E-state index is -0.555. The monoisotopic (exact) mass is 228 g/mol. The second kappa shape index (κ2) is 4.61. The summed E-state index contributed by atoms with van der Waals surface area (Å²) in [6.07, 6.45) is 2.76. The Kier molecular flexibility index (Phi) is 3.00. The predicted octanol–water partition coefficient (Wildman–Crippen LogP) is 1.63. The number of aromatic nitrogens is 2. The van der Waals surface area contributed by atoms with Gasteiger partial charge in [0.25, 0.3) is 5.91 Å². The fourth-order valence-electron chi connectivity index (χ4n) is 1.47. The van der Waals surface area contributed by atoms with Gasteiger partial charge >= 0.3 is 0 Å². The summed E-state index contributed by atoms with van der Waals surface area (Å²) >= 11 is 0. The fourth-order valence-corrected chi connectivity index (χ4v) is 1.47. The van der Waals surface area contributed by atoms with Crippen molar-refractivity contribution in [3.8, 4) is 0 Å². The summed E-state index contributed by atoms with van der Waals surface area (Å²) in [5.74, 6) is -0.140. The van der Waals surface area contributed by atoms with Crippen molar-refractivity contribution < 1.29 is 4.79 Å². The number of carbonyl (C=O) groups is 1. The summed E-state index contributed by atoms with van der Waals surface area (Å²) in [5, 5.41) is 3.04. The largest absolute Gasteiger partial charge is 0.365 e. The van der Waals surface area contributed by atoms with Crippen LogP contribution in [0.3, 0.4) is 0 Å². The van der Waals surface area contributed by atoms with Crippen LogP contribution in [0.2, 0.25) is 0 Å². The van der Waals surface area contributed by atoms with Crippen LogP contribution >= 0.6 is 0 Å². The molecule has 1 aromatic heterocycles. The molecular weight excluding hydrogens is 216 g/mol. The van der Waals surface area contributed by atoms with Gasteiger partial charge in [-0.3, -0.25) is 4.79 Å². The van der Waals surface area contributed by atoms with Crippen molar-refractivity contribution in [2.24, 2.45) is 5.73 Å². The number of anilines is 2. The highest BCUT2D eigenvalue weighted by atomic mass is 16.1. The molecule has 2 rings (SSSR count). The van der Waals surface area contributed by atoms with E-state index in [1.165, 1.54) is 12.5 Å². The van der Waals surface area contributed by atoms with Gasteiger partial charge in [0.15, 0.2) is 0 Å². The molecule has 5 heteroatoms. The summed E-state index contributed by atoms with van der Waals surface area (Å²) in [6, 6.07) is 7.75. The number of nitrogens with two attached hydrogens (primary N) is 1. The molecule has 0 saturated carbocycles. The SMILES string of the molecule is Cc1cccc(Nc2ncncc2C(N)=O)c1. The maximum Gasteiger partial charge on any atom is 0.254 e. The summed E-state index contributed by atoms with van der Waals surface area (Å²) in [7, 11) is 0. The maximum atomic E-state index is 11.2. The number of primary amides is 1. The number of nitrogens with one attached hydrogen (secondary N) is 1. The molecular formula is C12H12N4O. The molecule has 0 aliphatic carbocycles. The highest BCUT2D eigenvalue weighted by Gasteiger charge is 2.09. The van der Waals surface area contributed by atoms with Crippen LogP contribution in [0.25, 0.3) is 0 Å². The van der Waals surface area contributed by atoms with E-state index in [0.29, 0.717) is 5.82 Å². The predicted molar refractivity (Wildman–Crippen MR) is 65.0 cm³/mol. The molecule has 2 aromatic rings. The number of nitrogens with zero attached hydrogens (tertiary/aromatic N) is 2. The summed E-state index contributed by atoms with van der Waals surface area (Å²) in [6.45, 7) is 1.99. The second-order valence-electron chi connectivity index (χ2n) is 3.64. The third-order valence-corrected chi connectivity index (χ3v) is 2.26. The quantitative estimate of drug-likeness (QED) is 0.836. The molecule has 5 nitrogen and oxygen atoms in total. The molecule has 0 radical (unpaired) electrons. The van der Waals surface area contributed by atoms with E-state index in [9.17, 15) is 4.79 Å². The first-order valence-electron chi connectivity index (χ1n) is 5.10. The first-order valence-corrected chi connectivity index (χ1v) is 5.10. The van der Waals surface area contributed by atoms with Crippen LogP contribution in [0.5, 0.6) is 0 Å². The van der Waals surface area contributed by atoms with Gasteiger partial charge in [-0.2, -0.15) is 0 Å². The van der Waals surface area contributed by atoms with Gasteiger partial charge in [-0.15, -0.1) is 0 Å². The van der Waals surface area contributed by atoms with E-state index < -0.39 is 5.91 Å². The van der Waals surface area contributed by atoms with Crippen molar-refractivity contribution in [3.05, 3.63) is 47.9 Å². The van der Waals surface area contributed by atoms with E-state index in [1.54, 1.807) is 0 Å². The number of aryl methyl sites for hydroxylation is 1. The minimum Gasteiger partial charge on any atom is -0.365 e. The number of hydrogen-bond donors (Lipinski definition) is 2. The molecule has 0 bridgehead atoms. The summed E-state index contributed by atoms with van der Waals surface area (Å²) < 4.78 is 0. The van der Waals surface area contributed by atoms with Crippen LogP contribution in [-0.2, 0) is 0 Å². The van der Waals surface area contributed by atoms with E-state index in [2.05, 4.69) is 15.3 Å². The summed E-state index contributed by atoms with van der Waals surface area (Å²) in [5.41, 5.74) is 7.48. The lowest BCUT2D eigenvalue weighted by Crippen LogP contribution is -2.14. The van der Waals surface area contributed by atoms with Crippen LogP contribution in [0.15, 0.2) is 36.8 Å². The highest BCUT2D eigenvalue weighted by molar-refractivity contribution is 5.97. The van der Waals surface area contributed by atoms with Crippen LogP contribution in [-0.4, -0.2) is 15.9 Å². The smallest absolute Gasteiger partial charge is 0.254 e. The minimum absolute atomic E-state index is 0.272. The Morgan fingerprint density at radius 1 is 1.41 bits per heavy atom. The number of hydrogen-bond acceptors (Lipinski definition) is 4. The van der Waals surface area contributed by atoms with Gasteiger partial charge in [-0.25, -0.2) is 9.97 Å². The Hall–Kier alpha value is -2.43. The van der Waals surface area contributed by atoms with Crippen molar-refractivity contribution in [2.45, 2.75) is 6.92 Å². The van der Waals surface area contributed by atoms with Crippen molar-refractivity contribution in [2.75, 3.05) is 5.32 Å². The molecule has 0 unspecified atom stereocenters. The van der Waals surface area contributed by atoms with Crippen molar-refractivity contribution >= 4 is 17.4 Å². The molecule has 86 valence electrons. The van der Waals surface area contributed by atoms with Gasteiger partial charge in [0, 0.05) is 11.9 Å². The molecule has 17 heavy (non-hydrogen) atoms. The lowest BCUT2D eigenvalue weighted by Gasteiger charge is -2.08. The van der Waals surface area contributed by atoms with Gasteiger partial charge in [0.1, 0.15) is 17.7 Å². The molecule has 0 aliphatic heterocycles. The average Bonchev–Trinajstić information content (AvgIpc) is 2.29. The zero-order valence-corrected chi connectivity index (χ0v) is 9.34. The van der Waals surface area contributed by atoms with Crippen LogP contribution in [0, 0.1) is 6.92 Å². The Morgan fingerprint density at radius 2 is 2.24 bits per heavy atom. The second-order valence-corrected chi connectivity index (χ2v) is 3.64. The molecule has 1 aromatic carbocycles. The van der Waals surface area contributed by atoms with Gasteiger partial charge in [-0.05, 0) is 24.6 Å². The molecule has 0 aliphatic rings. The van der Waals surface area contributed by atoms with Crippen LogP contribution in [0.1, 0.15) is 15.9 Å². The number of rotatable bonds is 3. The number of carbonyl (C=O) groups excluding carboxylic acids is 1. The lowest BCUT2D eigenvalue weighted by atomic mass is 10.2. The topological polar surface area (TPSA) is 80.9 Å². The van der Waals surface area contributed by atoms with E-state index in [0.717, 1.165) is 11.3 Å². The van der Waals surface area contributed by atoms with E-state index in [4.69, 9.17) is 5.73 Å². The molecule has 0 saturated heterocycles. The van der Waals surface area contributed by atoms with Crippen molar-refractivity contribution in [3.63, 3.8) is 0 Å². The first kappa shape index (κ1) is 11.1. The van der Waals surface area contributed by atoms with Gasteiger partial charge in [0.05, 0.1) is 0 Å². The zero-order chi connectivity index (χ0) is 12.3. The maximum absolute atomic E-state index is 11.2. The third-order valence-electron chi connectivity index (χ3n) is 2.26. The van der Waals surface area contributed by atoms with Gasteiger partial charge in [-0.1, -0.05) is 12.1 Å². The van der Waals surface area contributed by atoms with E-state index >= 15 is 0 Å². The Bertz CT molecular complexity index is 554. The molecule has 0 spiro atoms. The molecule has 0 atom stereocenters. The van der Waals surface area contributed by atoms with E-state index in [-0.39, 0.29) is 5.56 Å². The Balaban J connectivity index is 2.33. The number of amides is 1. The lowest BCUT2D eigenvalue weighted by molar-refractivity contribution is 0.100. The normalized spacial score (nSPS) is 9.94. The Labute approximate surface area is 98.7 Å². The number of benzene rings is 1. The van der Waals surface area contributed by atoms with Crippen LogP contribution in [0.4, 0.5) is 11.5 Å². The molecule has 1 heterocycles. The fraction of sp³-hybridized carbons (Fsp3) is 0.0833. The summed E-state index contributed by atoms with van der Waals surface area (Å²) in [4.78, 5) is 19.0. The molecule has 0 fully saturated rings. The first-order chi connectivity index (χ1) is 8.16. The van der Waals surface area contributed by atoms with E-state index in [1.807, 2.05) is 31.2 Å². The van der Waals surface area contributed by atoms with Crippen molar-refractivity contribution in [1.82, 2.24) is 9.97 Å². The zero-order valence-electron chi connectivity index (χ0n) is 9.34. The van der Waals surface area contributed by atoms with Crippen molar-refractivity contribution in [1.29, 1.82) is 0 Å². The highest BCUT2D eigenvalue weighted by Crippen LogP contribution is 2.18. The van der Waals surface area contributed by atoms with Gasteiger partial charge in [0.2, 0.25) is 0 Å². The third kappa shape index (κ3) is 2.57. The standard InChI is InChI=1S/C12H12N4O/c1-8-3-2-4-9(5-8)16-12-10(11(13)17)6-14-7-15-12/h2-7H,1H3,(H2,13,17)(H,14,15,16). The Morgan fingerprint density at radius 3 is 2.94 bits per heavy atom. The van der Waals surface area contributed by atoms with Crippen LogP contribution < -0.4 is 11.1 Å². The average molecular weight is 228 g/mol.